The van der Waals surface area contributed by atoms with Gasteiger partial charge in [-0.3, -0.25) is 14.9 Å². The van der Waals surface area contributed by atoms with E-state index in [9.17, 15) is 9.59 Å². The number of thioether (sulfide) groups is 1. The first-order valence-electron chi connectivity index (χ1n) is 6.76. The fourth-order valence-corrected chi connectivity index (χ4v) is 2.64. The number of carbonyl (C=O) groups excluding carboxylic acids is 2. The van der Waals surface area contributed by atoms with Crippen molar-refractivity contribution in [2.24, 2.45) is 0 Å². The van der Waals surface area contributed by atoms with Crippen LogP contribution in [-0.2, 0) is 11.3 Å². The standard InChI is InChI=1S/C15H13N5O2S/c16-10-3-1-2-9(6-10)8-18-14-17-5-4-11(19-14)7-12-13(21)20-15(22)23-12/h1-7H,8,16H2,(H,17,18,19)(H,20,21,22). The Morgan fingerprint density at radius 2 is 2.17 bits per heavy atom. The minimum absolute atomic E-state index is 0.315. The highest BCUT2D eigenvalue weighted by Crippen LogP contribution is 2.25. The van der Waals surface area contributed by atoms with Crippen molar-refractivity contribution in [3.05, 3.63) is 52.7 Å². The molecule has 0 aliphatic carbocycles. The fourth-order valence-electron chi connectivity index (χ4n) is 1.98. The summed E-state index contributed by atoms with van der Waals surface area (Å²) in [6.07, 6.45) is 3.14. The molecule has 1 aromatic heterocycles. The summed E-state index contributed by atoms with van der Waals surface area (Å²) in [6.45, 7) is 0.527. The summed E-state index contributed by atoms with van der Waals surface area (Å²) in [4.78, 5) is 31.4. The lowest BCUT2D eigenvalue weighted by Crippen LogP contribution is -2.17. The van der Waals surface area contributed by atoms with Gasteiger partial charge in [-0.05, 0) is 41.6 Å². The lowest BCUT2D eigenvalue weighted by molar-refractivity contribution is -0.115. The van der Waals surface area contributed by atoms with Crippen molar-refractivity contribution < 1.29 is 9.59 Å². The van der Waals surface area contributed by atoms with Gasteiger partial charge in [0.25, 0.3) is 11.1 Å². The van der Waals surface area contributed by atoms with Crippen LogP contribution in [0.25, 0.3) is 6.08 Å². The summed E-state index contributed by atoms with van der Waals surface area (Å²) in [5.74, 6) is 0.0180. The van der Waals surface area contributed by atoms with Crippen LogP contribution in [0.3, 0.4) is 0 Å². The third-order valence-corrected chi connectivity index (χ3v) is 3.81. The summed E-state index contributed by atoms with van der Waals surface area (Å²) in [6, 6.07) is 9.17. The van der Waals surface area contributed by atoms with Crippen LogP contribution in [0, 0.1) is 0 Å². The molecule has 4 N–H and O–H groups in total. The zero-order chi connectivity index (χ0) is 16.2. The van der Waals surface area contributed by atoms with Gasteiger partial charge in [0.1, 0.15) is 0 Å². The van der Waals surface area contributed by atoms with Crippen molar-refractivity contribution in [2.75, 3.05) is 11.1 Å². The quantitative estimate of drug-likeness (QED) is 0.582. The van der Waals surface area contributed by atoms with Crippen molar-refractivity contribution >= 4 is 40.6 Å². The molecule has 1 fully saturated rings. The number of amides is 2. The summed E-state index contributed by atoms with van der Waals surface area (Å²) in [5, 5.41) is 4.91. The number of rotatable bonds is 4. The summed E-state index contributed by atoms with van der Waals surface area (Å²) in [5.41, 5.74) is 7.98. The number of nitrogen functional groups attached to an aromatic ring is 1. The molecule has 116 valence electrons. The van der Waals surface area contributed by atoms with E-state index in [2.05, 4.69) is 20.6 Å². The Bertz CT molecular complexity index is 806. The van der Waals surface area contributed by atoms with Gasteiger partial charge in [0.2, 0.25) is 5.95 Å². The van der Waals surface area contributed by atoms with E-state index >= 15 is 0 Å². The van der Waals surface area contributed by atoms with Crippen LogP contribution in [0.5, 0.6) is 0 Å². The fraction of sp³-hybridized carbons (Fsp3) is 0.0667. The van der Waals surface area contributed by atoms with Crippen LogP contribution >= 0.6 is 11.8 Å². The van der Waals surface area contributed by atoms with Crippen molar-refractivity contribution in [1.82, 2.24) is 15.3 Å². The second-order valence-electron chi connectivity index (χ2n) is 4.76. The zero-order valence-corrected chi connectivity index (χ0v) is 12.8. The Hall–Kier alpha value is -2.87. The third kappa shape index (κ3) is 3.86. The van der Waals surface area contributed by atoms with Crippen LogP contribution in [0.2, 0.25) is 0 Å². The molecule has 1 aliphatic rings. The van der Waals surface area contributed by atoms with Gasteiger partial charge < -0.3 is 11.1 Å². The smallest absolute Gasteiger partial charge is 0.290 e. The van der Waals surface area contributed by atoms with Crippen molar-refractivity contribution in [2.45, 2.75) is 6.54 Å². The van der Waals surface area contributed by atoms with E-state index in [1.807, 2.05) is 24.3 Å². The minimum Gasteiger partial charge on any atom is -0.399 e. The van der Waals surface area contributed by atoms with Crippen LogP contribution in [0.4, 0.5) is 16.4 Å². The SMILES string of the molecule is Nc1cccc(CNc2nccc(C=C3SC(=O)NC3=O)n2)c1. The number of aromatic nitrogens is 2. The van der Waals surface area contributed by atoms with Crippen molar-refractivity contribution in [3.8, 4) is 0 Å². The normalized spacial score (nSPS) is 15.7. The number of nitrogens with two attached hydrogens (primary N) is 1. The minimum atomic E-state index is -0.409. The van der Waals surface area contributed by atoms with E-state index in [0.29, 0.717) is 28.8 Å². The molecule has 0 bridgehead atoms. The van der Waals surface area contributed by atoms with E-state index in [4.69, 9.17) is 5.73 Å². The molecule has 1 aromatic carbocycles. The molecule has 1 saturated heterocycles. The number of hydrogen-bond acceptors (Lipinski definition) is 7. The largest absolute Gasteiger partial charge is 0.399 e. The summed E-state index contributed by atoms with van der Waals surface area (Å²) < 4.78 is 0. The number of hydrogen-bond donors (Lipinski definition) is 3. The molecule has 23 heavy (non-hydrogen) atoms. The molecular formula is C15H13N5O2S. The molecular weight excluding hydrogens is 314 g/mol. The van der Waals surface area contributed by atoms with E-state index in [0.717, 1.165) is 17.3 Å². The second kappa shape index (κ2) is 6.49. The molecule has 2 aromatic rings. The number of nitrogens with zero attached hydrogens (tertiary/aromatic N) is 2. The second-order valence-corrected chi connectivity index (χ2v) is 5.77. The Kier molecular flexibility index (Phi) is 4.24. The zero-order valence-electron chi connectivity index (χ0n) is 11.9. The van der Waals surface area contributed by atoms with E-state index in [1.165, 1.54) is 0 Å². The topological polar surface area (TPSA) is 110 Å². The van der Waals surface area contributed by atoms with Crippen LogP contribution in [0.15, 0.2) is 41.4 Å². The Morgan fingerprint density at radius 1 is 1.30 bits per heavy atom. The van der Waals surface area contributed by atoms with Crippen molar-refractivity contribution in [3.63, 3.8) is 0 Å². The Morgan fingerprint density at radius 3 is 2.91 bits per heavy atom. The maximum atomic E-state index is 11.5. The molecule has 2 heterocycles. The van der Waals surface area contributed by atoms with Crippen molar-refractivity contribution in [1.29, 1.82) is 0 Å². The predicted octanol–water partition coefficient (Wildman–Crippen LogP) is 1.99. The first-order valence-corrected chi connectivity index (χ1v) is 7.58. The number of carbonyl (C=O) groups is 2. The monoisotopic (exact) mass is 327 g/mol. The molecule has 2 amide bonds. The lowest BCUT2D eigenvalue weighted by atomic mass is 10.2. The van der Waals surface area contributed by atoms with Crippen LogP contribution < -0.4 is 16.4 Å². The highest BCUT2D eigenvalue weighted by atomic mass is 32.2. The third-order valence-electron chi connectivity index (χ3n) is 3.00. The van der Waals surface area contributed by atoms with E-state index in [1.54, 1.807) is 18.3 Å². The molecule has 0 atom stereocenters. The summed E-state index contributed by atoms with van der Waals surface area (Å²) in [7, 11) is 0. The summed E-state index contributed by atoms with van der Waals surface area (Å²) >= 11 is 0.853. The number of benzene rings is 1. The maximum absolute atomic E-state index is 11.5. The van der Waals surface area contributed by atoms with Crippen LogP contribution in [0.1, 0.15) is 11.3 Å². The molecule has 0 saturated carbocycles. The average molecular weight is 327 g/mol. The highest BCUT2D eigenvalue weighted by molar-refractivity contribution is 8.18. The molecule has 3 rings (SSSR count). The first-order chi connectivity index (χ1) is 11.1. The number of nitrogens with one attached hydrogen (secondary N) is 2. The maximum Gasteiger partial charge on any atom is 0.290 e. The van der Waals surface area contributed by atoms with Crippen LogP contribution in [-0.4, -0.2) is 21.1 Å². The lowest BCUT2D eigenvalue weighted by Gasteiger charge is -2.06. The van der Waals surface area contributed by atoms with E-state index < -0.39 is 5.91 Å². The van der Waals surface area contributed by atoms with Gasteiger partial charge in [-0.25, -0.2) is 9.97 Å². The highest BCUT2D eigenvalue weighted by Gasteiger charge is 2.25. The molecule has 8 heteroatoms. The van der Waals surface area contributed by atoms with Gasteiger partial charge in [-0.1, -0.05) is 12.1 Å². The van der Waals surface area contributed by atoms with Gasteiger partial charge in [0, 0.05) is 18.4 Å². The average Bonchev–Trinajstić information content (AvgIpc) is 2.83. The molecule has 7 nitrogen and oxygen atoms in total. The molecule has 1 aliphatic heterocycles. The van der Waals surface area contributed by atoms with Gasteiger partial charge in [-0.2, -0.15) is 0 Å². The number of anilines is 2. The van der Waals surface area contributed by atoms with Gasteiger partial charge in [0.05, 0.1) is 10.6 Å². The Balaban J connectivity index is 1.71. The van der Waals surface area contributed by atoms with Gasteiger partial charge in [0.15, 0.2) is 0 Å². The molecule has 0 unspecified atom stereocenters. The molecule has 0 spiro atoms. The first kappa shape index (κ1) is 15.0. The predicted molar refractivity (Wildman–Crippen MR) is 89.3 cm³/mol. The van der Waals surface area contributed by atoms with Gasteiger partial charge >= 0.3 is 0 Å². The van der Waals surface area contributed by atoms with E-state index in [-0.39, 0.29) is 5.24 Å². The molecule has 0 radical (unpaired) electrons. The Labute approximate surface area is 136 Å². The number of imide groups is 1. The van der Waals surface area contributed by atoms with Gasteiger partial charge in [-0.15, -0.1) is 0 Å².